The van der Waals surface area contributed by atoms with Crippen LogP contribution in [0.3, 0.4) is 0 Å². The van der Waals surface area contributed by atoms with E-state index >= 15 is 0 Å². The first kappa shape index (κ1) is 13.1. The van der Waals surface area contributed by atoms with Crippen molar-refractivity contribution >= 4 is 11.6 Å². The maximum atomic E-state index is 11.8. The van der Waals surface area contributed by atoms with Gasteiger partial charge in [0.25, 0.3) is 0 Å². The number of ether oxygens (including phenoxy) is 1. The van der Waals surface area contributed by atoms with Crippen LogP contribution in [0.2, 0.25) is 0 Å². The third-order valence-electron chi connectivity index (χ3n) is 1.88. The van der Waals surface area contributed by atoms with Gasteiger partial charge in [-0.15, -0.1) is 24.8 Å². The van der Waals surface area contributed by atoms with Crippen LogP contribution in [0.25, 0.3) is 0 Å². The summed E-state index contributed by atoms with van der Waals surface area (Å²) in [5.41, 5.74) is 0.509. The fraction of sp³-hybridized carbons (Fsp3) is 0.400. The lowest BCUT2D eigenvalue weighted by Crippen LogP contribution is -2.17. The van der Waals surface area contributed by atoms with E-state index in [1.165, 1.54) is 12.1 Å². The molecule has 0 aliphatic carbocycles. The number of aliphatic hydroxyl groups is 1. The second-order valence-electron chi connectivity index (χ2n) is 3.11. The number of rotatable bonds is 4. The van der Waals surface area contributed by atoms with Gasteiger partial charge in [-0.1, -0.05) is 12.1 Å². The minimum atomic E-state index is -4.70. The van der Waals surface area contributed by atoms with Crippen LogP contribution >= 0.6 is 11.6 Å². The van der Waals surface area contributed by atoms with Crippen LogP contribution in [-0.2, 0) is 0 Å². The average molecular weight is 255 g/mol. The van der Waals surface area contributed by atoms with Crippen molar-refractivity contribution in [3.8, 4) is 5.75 Å². The van der Waals surface area contributed by atoms with Crippen LogP contribution in [0.5, 0.6) is 5.75 Å². The van der Waals surface area contributed by atoms with Crippen molar-refractivity contribution in [1.82, 2.24) is 0 Å². The molecule has 0 amide bonds. The Kier molecular flexibility index (Phi) is 4.44. The largest absolute Gasteiger partial charge is 0.573 e. The first-order valence-electron chi connectivity index (χ1n) is 4.52. The molecule has 0 aromatic heterocycles. The van der Waals surface area contributed by atoms with Crippen LogP contribution in [0.1, 0.15) is 18.1 Å². The lowest BCUT2D eigenvalue weighted by atomic mass is 10.1. The number of hydrogen-bond acceptors (Lipinski definition) is 2. The highest BCUT2D eigenvalue weighted by Crippen LogP contribution is 2.25. The van der Waals surface area contributed by atoms with E-state index in [0.717, 1.165) is 12.1 Å². The molecule has 2 nitrogen and oxygen atoms in total. The number of alkyl halides is 4. The Hall–Kier alpha value is -0.940. The highest BCUT2D eigenvalue weighted by molar-refractivity contribution is 6.17. The fourth-order valence-corrected chi connectivity index (χ4v) is 1.37. The fourth-order valence-electron chi connectivity index (χ4n) is 1.16. The number of hydrogen-bond donors (Lipinski definition) is 1. The molecule has 0 aliphatic rings. The van der Waals surface area contributed by atoms with Gasteiger partial charge in [0.15, 0.2) is 0 Å². The van der Waals surface area contributed by atoms with E-state index in [9.17, 15) is 18.3 Å². The third-order valence-corrected chi connectivity index (χ3v) is 2.10. The quantitative estimate of drug-likeness (QED) is 0.836. The maximum absolute atomic E-state index is 11.8. The monoisotopic (exact) mass is 254 g/mol. The van der Waals surface area contributed by atoms with Crippen LogP contribution in [0, 0.1) is 0 Å². The van der Waals surface area contributed by atoms with Gasteiger partial charge in [-0.3, -0.25) is 0 Å². The summed E-state index contributed by atoms with van der Waals surface area (Å²) in [5.74, 6) is -0.0311. The van der Waals surface area contributed by atoms with Crippen molar-refractivity contribution < 1.29 is 23.0 Å². The standard InChI is InChI=1S/C10H10ClF3O2/c11-6-5-9(15)7-1-3-8(4-2-7)16-10(12,13)14/h1-4,9,15H,5-6H2. The van der Waals surface area contributed by atoms with Gasteiger partial charge in [0.1, 0.15) is 5.75 Å². The van der Waals surface area contributed by atoms with E-state index < -0.39 is 12.5 Å². The summed E-state index contributed by atoms with van der Waals surface area (Å²) in [4.78, 5) is 0. The summed E-state index contributed by atoms with van der Waals surface area (Å²) in [6.07, 6.45) is -5.12. The molecule has 1 rings (SSSR count). The lowest BCUT2D eigenvalue weighted by molar-refractivity contribution is -0.274. The first-order chi connectivity index (χ1) is 7.42. The summed E-state index contributed by atoms with van der Waals surface area (Å²) in [6, 6.07) is 5.05. The van der Waals surface area contributed by atoms with Crippen LogP contribution < -0.4 is 4.74 Å². The molecule has 1 unspecified atom stereocenters. The molecule has 0 saturated heterocycles. The molecule has 0 heterocycles. The molecule has 0 saturated carbocycles. The Labute approximate surface area is 95.6 Å². The minimum absolute atomic E-state index is 0.280. The predicted octanol–water partition coefficient (Wildman–Crippen LogP) is 3.25. The van der Waals surface area contributed by atoms with Gasteiger partial charge in [0.2, 0.25) is 0 Å². The average Bonchev–Trinajstić information content (AvgIpc) is 2.16. The third kappa shape index (κ3) is 4.28. The van der Waals surface area contributed by atoms with E-state index in [0.29, 0.717) is 12.0 Å². The Bertz CT molecular complexity index is 324. The number of benzene rings is 1. The molecule has 0 fully saturated rings. The Balaban J connectivity index is 2.68. The molecule has 6 heteroatoms. The molecule has 0 aliphatic heterocycles. The summed E-state index contributed by atoms with van der Waals surface area (Å²) >= 11 is 5.43. The number of halogens is 4. The summed E-state index contributed by atoms with van der Waals surface area (Å²) in [6.45, 7) is 0. The predicted molar refractivity (Wildman–Crippen MR) is 53.4 cm³/mol. The van der Waals surface area contributed by atoms with Crippen LogP contribution in [-0.4, -0.2) is 17.3 Å². The van der Waals surface area contributed by atoms with E-state index in [1.807, 2.05) is 0 Å². The van der Waals surface area contributed by atoms with E-state index in [1.54, 1.807) is 0 Å². The summed E-state index contributed by atoms with van der Waals surface area (Å²) in [7, 11) is 0. The molecule has 1 N–H and O–H groups in total. The van der Waals surface area contributed by atoms with Crippen LogP contribution in [0.15, 0.2) is 24.3 Å². The van der Waals surface area contributed by atoms with Gasteiger partial charge in [-0.25, -0.2) is 0 Å². The Morgan fingerprint density at radius 2 is 1.81 bits per heavy atom. The smallest absolute Gasteiger partial charge is 0.406 e. The maximum Gasteiger partial charge on any atom is 0.573 e. The molecule has 16 heavy (non-hydrogen) atoms. The van der Waals surface area contributed by atoms with Gasteiger partial charge in [0, 0.05) is 5.88 Å². The molecule has 0 radical (unpaired) electrons. The van der Waals surface area contributed by atoms with Crippen molar-refractivity contribution in [2.75, 3.05) is 5.88 Å². The van der Waals surface area contributed by atoms with Crippen molar-refractivity contribution in [3.63, 3.8) is 0 Å². The molecule has 0 spiro atoms. The Morgan fingerprint density at radius 1 is 1.25 bits per heavy atom. The molecule has 1 aromatic carbocycles. The zero-order chi connectivity index (χ0) is 12.2. The molecule has 1 atom stereocenters. The normalized spacial score (nSPS) is 13.6. The first-order valence-corrected chi connectivity index (χ1v) is 5.05. The van der Waals surface area contributed by atoms with Gasteiger partial charge in [-0.05, 0) is 24.1 Å². The number of aliphatic hydroxyl groups excluding tert-OH is 1. The zero-order valence-corrected chi connectivity index (χ0v) is 8.92. The molecular formula is C10H10ClF3O2. The van der Waals surface area contributed by atoms with Crippen LogP contribution in [0.4, 0.5) is 13.2 Å². The minimum Gasteiger partial charge on any atom is -0.406 e. The molecule has 90 valence electrons. The van der Waals surface area contributed by atoms with Crippen molar-refractivity contribution in [1.29, 1.82) is 0 Å². The zero-order valence-electron chi connectivity index (χ0n) is 8.17. The lowest BCUT2D eigenvalue weighted by Gasteiger charge is -2.11. The van der Waals surface area contributed by atoms with Crippen molar-refractivity contribution in [2.24, 2.45) is 0 Å². The summed E-state index contributed by atoms with van der Waals surface area (Å²) < 4.78 is 39.2. The SMILES string of the molecule is OC(CCCl)c1ccc(OC(F)(F)F)cc1. The second-order valence-corrected chi connectivity index (χ2v) is 3.49. The highest BCUT2D eigenvalue weighted by Gasteiger charge is 2.30. The highest BCUT2D eigenvalue weighted by atomic mass is 35.5. The molecule has 1 aromatic rings. The van der Waals surface area contributed by atoms with Gasteiger partial charge in [-0.2, -0.15) is 0 Å². The second kappa shape index (κ2) is 5.41. The Morgan fingerprint density at radius 3 is 2.25 bits per heavy atom. The summed E-state index contributed by atoms with van der Waals surface area (Å²) in [5, 5.41) is 9.50. The van der Waals surface area contributed by atoms with E-state index in [4.69, 9.17) is 11.6 Å². The molecular weight excluding hydrogens is 245 g/mol. The van der Waals surface area contributed by atoms with E-state index in [-0.39, 0.29) is 11.6 Å². The van der Waals surface area contributed by atoms with Crippen molar-refractivity contribution in [3.05, 3.63) is 29.8 Å². The molecule has 0 bridgehead atoms. The van der Waals surface area contributed by atoms with Gasteiger partial charge < -0.3 is 9.84 Å². The van der Waals surface area contributed by atoms with Gasteiger partial charge in [0.05, 0.1) is 6.10 Å². The van der Waals surface area contributed by atoms with Crippen molar-refractivity contribution in [2.45, 2.75) is 18.9 Å². The van der Waals surface area contributed by atoms with Gasteiger partial charge >= 0.3 is 6.36 Å². The van der Waals surface area contributed by atoms with E-state index in [2.05, 4.69) is 4.74 Å². The topological polar surface area (TPSA) is 29.5 Å².